The van der Waals surface area contributed by atoms with E-state index in [9.17, 15) is 9.59 Å². The zero-order valence-electron chi connectivity index (χ0n) is 26.2. The minimum absolute atomic E-state index is 0.0352. The van der Waals surface area contributed by atoms with Crippen LogP contribution in [-0.2, 0) is 35.5 Å². The van der Waals surface area contributed by atoms with Gasteiger partial charge in [-0.05, 0) is 73.3 Å². The van der Waals surface area contributed by atoms with Gasteiger partial charge in [-0.25, -0.2) is 0 Å². The number of carbonyl (C=O) groups excluding carboxylic acids is 2. The van der Waals surface area contributed by atoms with Gasteiger partial charge in [0.2, 0.25) is 11.8 Å². The van der Waals surface area contributed by atoms with Crippen molar-refractivity contribution >= 4 is 29.1 Å². The number of halogens is 1. The Kier molecular flexibility index (Phi) is 10.4. The van der Waals surface area contributed by atoms with Crippen LogP contribution in [-0.4, -0.2) is 86.1 Å². The molecule has 3 heterocycles. The third-order valence-corrected chi connectivity index (χ3v) is 9.86. The quantitative estimate of drug-likeness (QED) is 0.336. The lowest BCUT2D eigenvalue weighted by molar-refractivity contribution is -0.137. The van der Waals surface area contributed by atoms with Crippen LogP contribution in [0.1, 0.15) is 35.1 Å². The molecule has 1 unspecified atom stereocenters. The van der Waals surface area contributed by atoms with Crippen molar-refractivity contribution in [3.8, 4) is 0 Å². The first-order valence-electron chi connectivity index (χ1n) is 16.3. The van der Waals surface area contributed by atoms with Gasteiger partial charge in [-0.2, -0.15) is 0 Å². The number of hydrogen-bond acceptors (Lipinski definition) is 6. The predicted octanol–water partition coefficient (Wildman–Crippen LogP) is 3.61. The molecule has 0 saturated carbocycles. The number of anilines is 1. The van der Waals surface area contributed by atoms with Crippen LogP contribution >= 0.6 is 11.6 Å². The second kappa shape index (κ2) is 14.8. The van der Waals surface area contributed by atoms with Crippen LogP contribution < -0.4 is 20.9 Å². The van der Waals surface area contributed by atoms with Crippen LogP contribution in [0.25, 0.3) is 0 Å². The Labute approximate surface area is 272 Å². The summed E-state index contributed by atoms with van der Waals surface area (Å²) in [5.74, 6) is -0.173. The maximum Gasteiger partial charge on any atom is 0.245 e. The lowest BCUT2D eigenvalue weighted by atomic mass is 9.95. The van der Waals surface area contributed by atoms with E-state index in [4.69, 9.17) is 11.6 Å². The fourth-order valence-corrected chi connectivity index (χ4v) is 7.04. The highest BCUT2D eigenvalue weighted by molar-refractivity contribution is 6.30. The number of piperidine rings is 1. The predicted molar refractivity (Wildman–Crippen MR) is 180 cm³/mol. The monoisotopic (exact) mass is 628 g/mol. The molecule has 0 aliphatic carbocycles. The first kappa shape index (κ1) is 31.5. The highest BCUT2D eigenvalue weighted by Gasteiger charge is 2.32. The van der Waals surface area contributed by atoms with E-state index in [0.717, 1.165) is 38.3 Å². The fraction of sp³-hybridized carbons (Fsp3) is 0.444. The van der Waals surface area contributed by atoms with E-state index >= 15 is 0 Å². The molecule has 2 fully saturated rings. The minimum Gasteiger partial charge on any atom is -0.368 e. The van der Waals surface area contributed by atoms with Crippen LogP contribution in [0.4, 0.5) is 5.69 Å². The summed E-state index contributed by atoms with van der Waals surface area (Å²) in [6, 6.07) is 23.9. The van der Waals surface area contributed by atoms with Gasteiger partial charge in [-0.1, -0.05) is 66.2 Å². The van der Waals surface area contributed by atoms with Gasteiger partial charge < -0.3 is 25.8 Å². The van der Waals surface area contributed by atoms with Crippen molar-refractivity contribution in [3.05, 3.63) is 100 Å². The number of rotatable bonds is 9. The normalized spacial score (nSPS) is 20.9. The Morgan fingerprint density at radius 1 is 0.978 bits per heavy atom. The van der Waals surface area contributed by atoms with Crippen LogP contribution in [0.3, 0.4) is 0 Å². The Morgan fingerprint density at radius 3 is 2.47 bits per heavy atom. The molecule has 0 bridgehead atoms. The van der Waals surface area contributed by atoms with Crippen molar-refractivity contribution in [3.63, 3.8) is 0 Å². The SMILES string of the molecule is CN(Cc1ccccc1N1CCN(C(=O)[C@@H](Cc2ccc(Cl)cc2)NC(=O)[C@@H]2Cc3ccccc3CN2)CC1)C1CCCNC1. The molecule has 3 atom stereocenters. The minimum atomic E-state index is -0.658. The van der Waals surface area contributed by atoms with Crippen LogP contribution in [0.15, 0.2) is 72.8 Å². The number of nitrogens with zero attached hydrogens (tertiary/aromatic N) is 3. The smallest absolute Gasteiger partial charge is 0.245 e. The van der Waals surface area contributed by atoms with E-state index in [1.807, 2.05) is 41.3 Å². The summed E-state index contributed by atoms with van der Waals surface area (Å²) in [5, 5.41) is 10.7. The summed E-state index contributed by atoms with van der Waals surface area (Å²) in [5.41, 5.74) is 5.92. The second-order valence-corrected chi connectivity index (χ2v) is 13.1. The number of hydrogen-bond donors (Lipinski definition) is 3. The maximum absolute atomic E-state index is 14.1. The molecule has 0 aromatic heterocycles. The first-order chi connectivity index (χ1) is 21.9. The lowest BCUT2D eigenvalue weighted by Crippen LogP contribution is -2.58. The molecule has 3 N–H and O–H groups in total. The number of carbonyl (C=O) groups is 2. The van der Waals surface area contributed by atoms with E-state index in [0.29, 0.717) is 43.5 Å². The molecule has 6 rings (SSSR count). The summed E-state index contributed by atoms with van der Waals surface area (Å²) in [6.45, 7) is 6.41. The molecule has 238 valence electrons. The van der Waals surface area contributed by atoms with E-state index < -0.39 is 6.04 Å². The van der Waals surface area contributed by atoms with Crippen molar-refractivity contribution in [2.75, 3.05) is 51.2 Å². The highest BCUT2D eigenvalue weighted by Crippen LogP contribution is 2.25. The number of benzene rings is 3. The number of nitrogens with one attached hydrogen (secondary N) is 3. The Bertz CT molecular complexity index is 1450. The van der Waals surface area contributed by atoms with Crippen molar-refractivity contribution in [1.29, 1.82) is 0 Å². The molecule has 0 spiro atoms. The topological polar surface area (TPSA) is 80.0 Å². The van der Waals surface area contributed by atoms with Crippen LogP contribution in [0.5, 0.6) is 0 Å². The average Bonchev–Trinajstić information content (AvgIpc) is 3.09. The summed E-state index contributed by atoms with van der Waals surface area (Å²) in [7, 11) is 2.22. The third kappa shape index (κ3) is 7.87. The van der Waals surface area contributed by atoms with Gasteiger partial charge >= 0.3 is 0 Å². The van der Waals surface area contributed by atoms with Crippen molar-refractivity contribution in [1.82, 2.24) is 25.8 Å². The Hall–Kier alpha value is -3.43. The summed E-state index contributed by atoms with van der Waals surface area (Å²) >= 11 is 6.14. The summed E-state index contributed by atoms with van der Waals surface area (Å²) in [4.78, 5) is 34.4. The zero-order chi connectivity index (χ0) is 31.2. The summed E-state index contributed by atoms with van der Waals surface area (Å²) in [6.07, 6.45) is 3.46. The molecule has 3 aromatic rings. The highest BCUT2D eigenvalue weighted by atomic mass is 35.5. The van der Waals surface area contributed by atoms with Gasteiger partial charge in [-0.3, -0.25) is 14.5 Å². The number of likely N-dealkylation sites (N-methyl/N-ethyl adjacent to an activating group) is 1. The van der Waals surface area contributed by atoms with E-state index in [-0.39, 0.29) is 17.9 Å². The largest absolute Gasteiger partial charge is 0.368 e. The Morgan fingerprint density at radius 2 is 1.71 bits per heavy atom. The number of amides is 2. The number of para-hydroxylation sites is 1. The fourth-order valence-electron chi connectivity index (χ4n) is 6.92. The number of fused-ring (bicyclic) bond motifs is 1. The van der Waals surface area contributed by atoms with Gasteiger partial charge in [0.15, 0.2) is 0 Å². The van der Waals surface area contributed by atoms with Gasteiger partial charge in [0.25, 0.3) is 0 Å². The van der Waals surface area contributed by atoms with E-state index in [1.165, 1.54) is 35.2 Å². The van der Waals surface area contributed by atoms with Crippen molar-refractivity contribution < 1.29 is 9.59 Å². The molecule has 2 saturated heterocycles. The molecule has 9 heteroatoms. The van der Waals surface area contributed by atoms with Gasteiger partial charge in [0.1, 0.15) is 6.04 Å². The molecule has 3 aliphatic heterocycles. The van der Waals surface area contributed by atoms with E-state index in [2.05, 4.69) is 69.2 Å². The molecule has 2 amide bonds. The van der Waals surface area contributed by atoms with Gasteiger partial charge in [0, 0.05) is 69.0 Å². The standard InChI is InChI=1S/C36H45ClN6O2/c1-41(31-10-6-16-38-24-31)25-29-9-4-5-11-34(29)42-17-19-43(20-18-42)36(45)33(21-26-12-14-30(37)15-13-26)40-35(44)32-22-27-7-2-3-8-28(27)23-39-32/h2-5,7-9,11-15,31-33,38-39H,6,10,16-25H2,1H3,(H,40,44)/t31?,32-,33+/m0/s1. The molecular weight excluding hydrogens is 584 g/mol. The molecule has 45 heavy (non-hydrogen) atoms. The molecule has 3 aromatic carbocycles. The Balaban J connectivity index is 1.11. The van der Waals surface area contributed by atoms with Crippen LogP contribution in [0.2, 0.25) is 5.02 Å². The van der Waals surface area contributed by atoms with Crippen molar-refractivity contribution in [2.24, 2.45) is 0 Å². The average molecular weight is 629 g/mol. The van der Waals surface area contributed by atoms with Crippen molar-refractivity contribution in [2.45, 2.75) is 56.9 Å². The van der Waals surface area contributed by atoms with Gasteiger partial charge in [0.05, 0.1) is 6.04 Å². The number of piperazine rings is 1. The van der Waals surface area contributed by atoms with E-state index in [1.54, 1.807) is 0 Å². The molecular formula is C36H45ClN6O2. The van der Waals surface area contributed by atoms with Gasteiger partial charge in [-0.15, -0.1) is 0 Å². The molecule has 0 radical (unpaired) electrons. The molecule has 3 aliphatic rings. The zero-order valence-corrected chi connectivity index (χ0v) is 26.9. The second-order valence-electron chi connectivity index (χ2n) is 12.7. The molecule has 8 nitrogen and oxygen atoms in total. The summed E-state index contributed by atoms with van der Waals surface area (Å²) < 4.78 is 0. The lowest BCUT2D eigenvalue weighted by Gasteiger charge is -2.39. The first-order valence-corrected chi connectivity index (χ1v) is 16.7. The third-order valence-electron chi connectivity index (χ3n) is 9.60. The van der Waals surface area contributed by atoms with Crippen LogP contribution in [0, 0.1) is 0 Å². The maximum atomic E-state index is 14.1.